The van der Waals surface area contributed by atoms with E-state index in [2.05, 4.69) is 4.74 Å². The van der Waals surface area contributed by atoms with Crippen LogP contribution < -0.4 is 9.47 Å². The summed E-state index contributed by atoms with van der Waals surface area (Å²) in [6.45, 7) is -1.09. The highest BCUT2D eigenvalue weighted by atomic mass is 19.3. The lowest BCUT2D eigenvalue weighted by atomic mass is 10.1. The van der Waals surface area contributed by atoms with E-state index in [0.29, 0.717) is 11.1 Å². The fourth-order valence-corrected chi connectivity index (χ4v) is 2.10. The highest BCUT2D eigenvalue weighted by molar-refractivity contribution is 6.07. The Bertz CT molecular complexity index is 724. The van der Waals surface area contributed by atoms with Gasteiger partial charge in [-0.2, -0.15) is 8.78 Å². The van der Waals surface area contributed by atoms with Crippen molar-refractivity contribution in [3.63, 3.8) is 0 Å². The monoisotopic (exact) mass is 318 g/mol. The van der Waals surface area contributed by atoms with Crippen molar-refractivity contribution in [1.82, 2.24) is 0 Å². The Morgan fingerprint density at radius 1 is 1.17 bits per heavy atom. The number of hydrogen-bond donors (Lipinski definition) is 0. The van der Waals surface area contributed by atoms with Crippen LogP contribution in [0.4, 0.5) is 8.78 Å². The summed E-state index contributed by atoms with van der Waals surface area (Å²) in [5.74, 6) is -0.145. The van der Waals surface area contributed by atoms with Gasteiger partial charge in [-0.1, -0.05) is 35.9 Å². The Morgan fingerprint density at radius 2 is 1.91 bits per heavy atom. The van der Waals surface area contributed by atoms with Crippen LogP contribution in [0.25, 0.3) is 6.08 Å². The van der Waals surface area contributed by atoms with Crippen LogP contribution in [0.3, 0.4) is 0 Å². The molecule has 0 saturated heterocycles. The molecular formula is C18H16F2O3. The zero-order chi connectivity index (χ0) is 16.8. The number of halogens is 2. The van der Waals surface area contributed by atoms with Gasteiger partial charge in [0.1, 0.15) is 0 Å². The quantitative estimate of drug-likeness (QED) is 0.581. The first kappa shape index (κ1) is 16.7. The number of carbonyl (C=O) groups excluding carboxylic acids is 1. The van der Waals surface area contributed by atoms with E-state index in [0.717, 1.165) is 5.56 Å². The molecule has 0 aromatic heterocycles. The first-order valence-corrected chi connectivity index (χ1v) is 6.92. The average molecular weight is 318 g/mol. The molecule has 0 bridgehead atoms. The number of benzene rings is 2. The van der Waals surface area contributed by atoms with Gasteiger partial charge in [0.15, 0.2) is 17.3 Å². The van der Waals surface area contributed by atoms with Crippen molar-refractivity contribution in [3.8, 4) is 11.5 Å². The number of ether oxygens (including phenoxy) is 2. The third-order valence-corrected chi connectivity index (χ3v) is 3.15. The number of para-hydroxylation sites is 1. The molecule has 2 aromatic rings. The number of carbonyl (C=O) groups is 1. The van der Waals surface area contributed by atoms with Crippen molar-refractivity contribution in [2.45, 2.75) is 13.5 Å². The zero-order valence-corrected chi connectivity index (χ0v) is 12.8. The molecule has 0 spiro atoms. The Labute approximate surface area is 133 Å². The van der Waals surface area contributed by atoms with Gasteiger partial charge in [-0.3, -0.25) is 4.79 Å². The lowest BCUT2D eigenvalue weighted by molar-refractivity contribution is -0.0513. The Balaban J connectivity index is 2.30. The maximum absolute atomic E-state index is 12.6. The third kappa shape index (κ3) is 4.39. The van der Waals surface area contributed by atoms with Gasteiger partial charge in [0.25, 0.3) is 0 Å². The van der Waals surface area contributed by atoms with Crippen molar-refractivity contribution in [3.05, 3.63) is 65.2 Å². The maximum atomic E-state index is 12.6. The van der Waals surface area contributed by atoms with Crippen LogP contribution in [-0.2, 0) is 0 Å². The summed E-state index contributed by atoms with van der Waals surface area (Å²) in [5.41, 5.74) is 1.83. The molecule has 0 radical (unpaired) electrons. The van der Waals surface area contributed by atoms with Crippen molar-refractivity contribution in [1.29, 1.82) is 0 Å². The predicted molar refractivity (Wildman–Crippen MR) is 84.2 cm³/mol. The molecule has 0 unspecified atom stereocenters. The van der Waals surface area contributed by atoms with Gasteiger partial charge in [-0.05, 0) is 31.2 Å². The minimum atomic E-state index is -2.98. The van der Waals surface area contributed by atoms with E-state index in [1.54, 1.807) is 30.3 Å². The average Bonchev–Trinajstić information content (AvgIpc) is 2.53. The first-order chi connectivity index (χ1) is 11.0. The van der Waals surface area contributed by atoms with Crippen molar-refractivity contribution in [2.75, 3.05) is 7.11 Å². The Hall–Kier alpha value is -2.69. The molecule has 0 amide bonds. The largest absolute Gasteiger partial charge is 0.493 e. The van der Waals surface area contributed by atoms with E-state index in [4.69, 9.17) is 4.74 Å². The molecule has 2 rings (SSSR count). The molecule has 0 saturated carbocycles. The SMILES string of the molecule is COc1cccc(/C=C/C(=O)c2cccc(C)c2)c1OC(F)F. The van der Waals surface area contributed by atoms with Gasteiger partial charge in [-0.15, -0.1) is 0 Å². The molecular weight excluding hydrogens is 302 g/mol. The summed E-state index contributed by atoms with van der Waals surface area (Å²) in [6, 6.07) is 11.8. The van der Waals surface area contributed by atoms with E-state index in [9.17, 15) is 13.6 Å². The van der Waals surface area contributed by atoms with Gasteiger partial charge in [0, 0.05) is 11.1 Å². The summed E-state index contributed by atoms with van der Waals surface area (Å²) in [7, 11) is 1.36. The number of rotatable bonds is 6. The molecule has 5 heteroatoms. The van der Waals surface area contributed by atoms with Crippen LogP contribution in [0.1, 0.15) is 21.5 Å². The standard InChI is InChI=1S/C18H16F2O3/c1-12-5-3-7-14(11-12)15(21)10-9-13-6-4-8-16(22-2)17(13)23-18(19)20/h3-11,18H,1-2H3/b10-9+. The molecule has 0 atom stereocenters. The lowest BCUT2D eigenvalue weighted by Gasteiger charge is -2.12. The van der Waals surface area contributed by atoms with Crippen molar-refractivity contribution >= 4 is 11.9 Å². The van der Waals surface area contributed by atoms with Gasteiger partial charge < -0.3 is 9.47 Å². The van der Waals surface area contributed by atoms with E-state index < -0.39 is 6.61 Å². The number of aryl methyl sites for hydroxylation is 1. The van der Waals surface area contributed by atoms with Gasteiger partial charge in [0.2, 0.25) is 0 Å². The highest BCUT2D eigenvalue weighted by Crippen LogP contribution is 2.33. The molecule has 23 heavy (non-hydrogen) atoms. The van der Waals surface area contributed by atoms with Gasteiger partial charge in [-0.25, -0.2) is 0 Å². The van der Waals surface area contributed by atoms with E-state index in [-0.39, 0.29) is 17.3 Å². The smallest absolute Gasteiger partial charge is 0.387 e. The Morgan fingerprint density at radius 3 is 2.57 bits per heavy atom. The lowest BCUT2D eigenvalue weighted by Crippen LogP contribution is -2.05. The predicted octanol–water partition coefficient (Wildman–Crippen LogP) is 4.50. The van der Waals surface area contributed by atoms with Gasteiger partial charge >= 0.3 is 6.61 Å². The molecule has 0 aliphatic rings. The number of ketones is 1. The fraction of sp³-hybridized carbons (Fsp3) is 0.167. The van der Waals surface area contributed by atoms with Crippen LogP contribution in [0, 0.1) is 6.92 Å². The molecule has 0 fully saturated rings. The molecule has 0 aliphatic heterocycles. The highest BCUT2D eigenvalue weighted by Gasteiger charge is 2.14. The van der Waals surface area contributed by atoms with Crippen LogP contribution >= 0.6 is 0 Å². The molecule has 120 valence electrons. The van der Waals surface area contributed by atoms with Crippen LogP contribution in [0.2, 0.25) is 0 Å². The van der Waals surface area contributed by atoms with E-state index in [1.807, 2.05) is 13.0 Å². The fourth-order valence-electron chi connectivity index (χ4n) is 2.10. The molecule has 0 aliphatic carbocycles. The minimum absolute atomic E-state index is 0.0988. The summed E-state index contributed by atoms with van der Waals surface area (Å²) < 4.78 is 34.6. The molecule has 0 N–H and O–H groups in total. The summed E-state index contributed by atoms with van der Waals surface area (Å²) in [6.07, 6.45) is 2.76. The number of alkyl halides is 2. The van der Waals surface area contributed by atoms with Crippen LogP contribution in [0.5, 0.6) is 11.5 Å². The molecule has 0 heterocycles. The molecule has 2 aromatic carbocycles. The van der Waals surface area contributed by atoms with Crippen molar-refractivity contribution < 1.29 is 23.0 Å². The van der Waals surface area contributed by atoms with E-state index in [1.165, 1.54) is 25.3 Å². The minimum Gasteiger partial charge on any atom is -0.493 e. The van der Waals surface area contributed by atoms with Gasteiger partial charge in [0.05, 0.1) is 7.11 Å². The number of allylic oxidation sites excluding steroid dienone is 1. The third-order valence-electron chi connectivity index (χ3n) is 3.15. The Kier molecular flexibility index (Phi) is 5.46. The van der Waals surface area contributed by atoms with E-state index >= 15 is 0 Å². The summed E-state index contributed by atoms with van der Waals surface area (Å²) in [4.78, 5) is 12.2. The molecule has 3 nitrogen and oxygen atoms in total. The number of hydrogen-bond acceptors (Lipinski definition) is 3. The van der Waals surface area contributed by atoms with Crippen LogP contribution in [-0.4, -0.2) is 19.5 Å². The van der Waals surface area contributed by atoms with Crippen molar-refractivity contribution in [2.24, 2.45) is 0 Å². The zero-order valence-electron chi connectivity index (χ0n) is 12.8. The second kappa shape index (κ2) is 7.54. The number of methoxy groups -OCH3 is 1. The first-order valence-electron chi connectivity index (χ1n) is 6.92. The topological polar surface area (TPSA) is 35.5 Å². The summed E-state index contributed by atoms with van der Waals surface area (Å²) in [5, 5.41) is 0. The normalized spacial score (nSPS) is 11.0. The van der Waals surface area contributed by atoms with Crippen LogP contribution in [0.15, 0.2) is 48.5 Å². The summed E-state index contributed by atoms with van der Waals surface area (Å²) >= 11 is 0. The maximum Gasteiger partial charge on any atom is 0.387 e. The second-order valence-corrected chi connectivity index (χ2v) is 4.82. The second-order valence-electron chi connectivity index (χ2n) is 4.82.